The van der Waals surface area contributed by atoms with Gasteiger partial charge in [0.15, 0.2) is 0 Å². The van der Waals surface area contributed by atoms with Crippen molar-refractivity contribution in [1.29, 1.82) is 5.26 Å². The van der Waals surface area contributed by atoms with Gasteiger partial charge in [-0.15, -0.1) is 11.3 Å². The monoisotopic (exact) mass is 471 g/mol. The fourth-order valence-corrected chi connectivity index (χ4v) is 6.06. The van der Waals surface area contributed by atoms with Crippen LogP contribution in [-0.2, 0) is 24.2 Å². The summed E-state index contributed by atoms with van der Waals surface area (Å²) in [7, 11) is 0. The fourth-order valence-electron chi connectivity index (χ4n) is 4.81. The topological polar surface area (TPSA) is 92.7 Å². The number of carbonyl (C=O) groups excluding carboxylic acids is 1. The van der Waals surface area contributed by atoms with Crippen molar-refractivity contribution in [3.05, 3.63) is 74.0 Å². The number of thiophene rings is 1. The lowest BCUT2D eigenvalue weighted by Gasteiger charge is -2.12. The molecule has 1 aliphatic rings. The highest BCUT2D eigenvalue weighted by Crippen LogP contribution is 2.37. The van der Waals surface area contributed by atoms with Crippen LogP contribution in [0.2, 0.25) is 0 Å². The Morgan fingerprint density at radius 1 is 1.21 bits per heavy atom. The highest BCUT2D eigenvalue weighted by molar-refractivity contribution is 7.16. The summed E-state index contributed by atoms with van der Waals surface area (Å²) < 4.78 is 3.40. The lowest BCUT2D eigenvalue weighted by Crippen LogP contribution is -2.25. The molecular formula is C26H25N5O2S. The van der Waals surface area contributed by atoms with E-state index in [0.29, 0.717) is 16.2 Å². The van der Waals surface area contributed by atoms with Crippen molar-refractivity contribution < 1.29 is 4.79 Å². The summed E-state index contributed by atoms with van der Waals surface area (Å²) in [5.74, 6) is -0.210. The molecule has 1 aliphatic carbocycles. The molecule has 8 heteroatoms. The summed E-state index contributed by atoms with van der Waals surface area (Å²) in [4.78, 5) is 27.1. The molecule has 1 aromatic carbocycles. The Bertz CT molecular complexity index is 1500. The molecule has 3 heterocycles. The van der Waals surface area contributed by atoms with Crippen molar-refractivity contribution in [3.63, 3.8) is 0 Å². The van der Waals surface area contributed by atoms with Crippen LogP contribution in [0, 0.1) is 25.2 Å². The number of benzene rings is 1. The fraction of sp³-hybridized carbons (Fsp3) is 0.308. The molecule has 3 aromatic heterocycles. The molecule has 5 rings (SSSR count). The number of nitriles is 1. The Kier molecular flexibility index (Phi) is 5.80. The van der Waals surface area contributed by atoms with Gasteiger partial charge in [0, 0.05) is 29.3 Å². The van der Waals surface area contributed by atoms with Crippen molar-refractivity contribution in [2.75, 3.05) is 5.32 Å². The molecule has 0 unspecified atom stereocenters. The van der Waals surface area contributed by atoms with Gasteiger partial charge in [0.25, 0.3) is 5.56 Å². The van der Waals surface area contributed by atoms with Gasteiger partial charge in [0.1, 0.15) is 16.7 Å². The molecule has 0 saturated carbocycles. The van der Waals surface area contributed by atoms with E-state index in [1.807, 2.05) is 44.2 Å². The van der Waals surface area contributed by atoms with E-state index < -0.39 is 0 Å². The quantitative estimate of drug-likeness (QED) is 0.459. The highest BCUT2D eigenvalue weighted by atomic mass is 32.1. The summed E-state index contributed by atoms with van der Waals surface area (Å²) in [5, 5.41) is 18.8. The van der Waals surface area contributed by atoms with Crippen LogP contribution in [0.5, 0.6) is 0 Å². The van der Waals surface area contributed by atoms with Gasteiger partial charge in [-0.3, -0.25) is 14.2 Å². The number of para-hydroxylation sites is 1. The molecule has 0 spiro atoms. The van der Waals surface area contributed by atoms with E-state index in [1.54, 1.807) is 15.3 Å². The number of hydrogen-bond acceptors (Lipinski definition) is 5. The smallest absolute Gasteiger partial charge is 0.252 e. The maximum absolute atomic E-state index is 13.0. The number of pyridine rings is 1. The number of nitrogens with zero attached hydrogens (tertiary/aromatic N) is 4. The van der Waals surface area contributed by atoms with E-state index in [1.165, 1.54) is 16.2 Å². The van der Waals surface area contributed by atoms with Crippen molar-refractivity contribution in [1.82, 2.24) is 14.3 Å². The van der Waals surface area contributed by atoms with Crippen molar-refractivity contribution >= 4 is 33.3 Å². The van der Waals surface area contributed by atoms with Crippen LogP contribution in [0.15, 0.2) is 41.2 Å². The van der Waals surface area contributed by atoms with E-state index >= 15 is 0 Å². The number of aryl methyl sites for hydroxylation is 4. The van der Waals surface area contributed by atoms with E-state index in [2.05, 4.69) is 11.4 Å². The molecule has 4 aromatic rings. The minimum absolute atomic E-state index is 0.116. The molecule has 0 fully saturated rings. The average Bonchev–Trinajstić information content (AvgIpc) is 3.36. The Hall–Kier alpha value is -3.70. The molecule has 0 aliphatic heterocycles. The number of rotatable bonds is 5. The third kappa shape index (κ3) is 3.82. The van der Waals surface area contributed by atoms with Crippen LogP contribution < -0.4 is 10.9 Å². The molecule has 0 saturated heterocycles. The molecule has 172 valence electrons. The molecule has 7 nitrogen and oxygen atoms in total. The molecule has 0 bridgehead atoms. The third-order valence-corrected chi connectivity index (χ3v) is 7.60. The van der Waals surface area contributed by atoms with E-state index in [4.69, 9.17) is 5.10 Å². The number of fused-ring (bicyclic) bond motifs is 2. The first kappa shape index (κ1) is 22.1. The van der Waals surface area contributed by atoms with Crippen LogP contribution >= 0.6 is 11.3 Å². The predicted octanol–water partition coefficient (Wildman–Crippen LogP) is 4.64. The standard InChI is InChI=1S/C26H25N5O2S/c1-16-14-23(33)30(26-24(16)17(2)29-31(26)18-8-4-3-5-9-18)13-12-22(32)28-25-20(15-27)19-10-6-7-11-21(19)34-25/h3-5,8-9,14H,6-7,10-13H2,1-2H3,(H,28,32). The van der Waals surface area contributed by atoms with Crippen molar-refractivity contribution in [2.45, 2.75) is 52.5 Å². The van der Waals surface area contributed by atoms with Gasteiger partial charge in [-0.1, -0.05) is 18.2 Å². The zero-order chi connectivity index (χ0) is 23.8. The molecule has 0 radical (unpaired) electrons. The van der Waals surface area contributed by atoms with Gasteiger partial charge in [0.2, 0.25) is 5.91 Å². The molecule has 1 N–H and O–H groups in total. The van der Waals surface area contributed by atoms with Crippen LogP contribution in [-0.4, -0.2) is 20.3 Å². The zero-order valence-corrected chi connectivity index (χ0v) is 20.0. The molecule has 1 amide bonds. The first-order valence-electron chi connectivity index (χ1n) is 11.5. The second-order valence-corrected chi connectivity index (χ2v) is 9.78. The van der Waals surface area contributed by atoms with Crippen molar-refractivity contribution in [3.8, 4) is 11.8 Å². The minimum atomic E-state index is -0.210. The van der Waals surface area contributed by atoms with Crippen LogP contribution in [0.1, 0.15) is 46.5 Å². The minimum Gasteiger partial charge on any atom is -0.317 e. The van der Waals surface area contributed by atoms with Crippen LogP contribution in [0.25, 0.3) is 16.7 Å². The molecule has 34 heavy (non-hydrogen) atoms. The van der Waals surface area contributed by atoms with E-state index in [-0.39, 0.29) is 24.4 Å². The number of nitrogens with one attached hydrogen (secondary N) is 1. The lowest BCUT2D eigenvalue weighted by atomic mass is 9.96. The first-order chi connectivity index (χ1) is 16.5. The van der Waals surface area contributed by atoms with E-state index in [9.17, 15) is 14.9 Å². The average molecular weight is 472 g/mol. The van der Waals surface area contributed by atoms with Gasteiger partial charge in [-0.25, -0.2) is 4.68 Å². The van der Waals surface area contributed by atoms with Gasteiger partial charge < -0.3 is 5.32 Å². The van der Waals surface area contributed by atoms with Crippen LogP contribution in [0.4, 0.5) is 5.00 Å². The summed E-state index contributed by atoms with van der Waals surface area (Å²) in [6.07, 6.45) is 4.16. The summed E-state index contributed by atoms with van der Waals surface area (Å²) >= 11 is 1.51. The van der Waals surface area contributed by atoms with Gasteiger partial charge in [0.05, 0.1) is 16.9 Å². The van der Waals surface area contributed by atoms with Gasteiger partial charge >= 0.3 is 0 Å². The maximum atomic E-state index is 13.0. The maximum Gasteiger partial charge on any atom is 0.252 e. The van der Waals surface area contributed by atoms with Crippen molar-refractivity contribution in [2.24, 2.45) is 0 Å². The van der Waals surface area contributed by atoms with E-state index in [0.717, 1.165) is 53.6 Å². The highest BCUT2D eigenvalue weighted by Gasteiger charge is 2.22. The Morgan fingerprint density at radius 2 is 1.97 bits per heavy atom. The van der Waals surface area contributed by atoms with Gasteiger partial charge in [-0.05, 0) is 62.8 Å². The largest absolute Gasteiger partial charge is 0.317 e. The first-order valence-corrected chi connectivity index (χ1v) is 12.3. The summed E-state index contributed by atoms with van der Waals surface area (Å²) in [6, 6.07) is 13.6. The third-order valence-electron chi connectivity index (χ3n) is 6.39. The molecule has 0 atom stereocenters. The Labute approximate surface area is 201 Å². The Morgan fingerprint density at radius 3 is 2.74 bits per heavy atom. The normalized spacial score (nSPS) is 13.0. The second-order valence-electron chi connectivity index (χ2n) is 8.67. The number of hydrogen-bond donors (Lipinski definition) is 1. The summed E-state index contributed by atoms with van der Waals surface area (Å²) in [5.41, 5.74) is 4.76. The second kappa shape index (κ2) is 8.92. The summed E-state index contributed by atoms with van der Waals surface area (Å²) in [6.45, 7) is 4.05. The SMILES string of the molecule is Cc1cc(=O)n(CCC(=O)Nc2sc3c(c2C#N)CCCC3)c2c1c(C)nn2-c1ccccc1. The Balaban J connectivity index is 1.46. The van der Waals surface area contributed by atoms with Gasteiger partial charge in [-0.2, -0.15) is 10.4 Å². The number of carbonyl (C=O) groups is 1. The lowest BCUT2D eigenvalue weighted by molar-refractivity contribution is -0.116. The predicted molar refractivity (Wildman–Crippen MR) is 134 cm³/mol. The number of amides is 1. The zero-order valence-electron chi connectivity index (χ0n) is 19.2. The van der Waals surface area contributed by atoms with Crippen LogP contribution in [0.3, 0.4) is 0 Å². The number of aromatic nitrogens is 3. The molecular weight excluding hydrogens is 446 g/mol. The number of anilines is 1.